The van der Waals surface area contributed by atoms with E-state index in [0.29, 0.717) is 5.25 Å². The largest absolute Gasteiger partial charge is 0.468 e. The monoisotopic (exact) mass is 305 g/mol. The van der Waals surface area contributed by atoms with Gasteiger partial charge in [-0.25, -0.2) is 0 Å². The van der Waals surface area contributed by atoms with E-state index in [1.165, 1.54) is 7.11 Å². The number of nitrogens with one attached hydrogen (secondary N) is 1. The highest BCUT2D eigenvalue weighted by molar-refractivity contribution is 7.99. The van der Waals surface area contributed by atoms with Gasteiger partial charge in [0.25, 0.3) is 0 Å². The van der Waals surface area contributed by atoms with Gasteiger partial charge in [-0.1, -0.05) is 13.3 Å². The Kier molecular flexibility index (Phi) is 10.3. The van der Waals surface area contributed by atoms with Crippen LogP contribution in [0.4, 0.5) is 0 Å². The fraction of sp³-hybridized carbons (Fsp3) is 0.933. The van der Waals surface area contributed by atoms with Crippen molar-refractivity contribution in [2.45, 2.75) is 70.2 Å². The number of ether oxygens (including phenoxy) is 1. The first-order valence-corrected chi connectivity index (χ1v) is 8.49. The van der Waals surface area contributed by atoms with Gasteiger partial charge < -0.3 is 9.84 Å². The third-order valence-electron chi connectivity index (χ3n) is 3.25. The molecule has 120 valence electrons. The molecule has 4 nitrogen and oxygen atoms in total. The Morgan fingerprint density at radius 2 is 2.00 bits per heavy atom. The number of esters is 1. The molecule has 0 radical (unpaired) electrons. The van der Waals surface area contributed by atoms with Gasteiger partial charge in [-0.15, -0.1) is 0 Å². The van der Waals surface area contributed by atoms with Crippen LogP contribution in [0, 0.1) is 0 Å². The summed E-state index contributed by atoms with van der Waals surface area (Å²) in [6, 6.07) is 0.248. The highest BCUT2D eigenvalue weighted by Gasteiger charge is 2.33. The second-order valence-electron chi connectivity index (χ2n) is 5.77. The molecule has 2 unspecified atom stereocenters. The smallest absolute Gasteiger partial charge is 0.325 e. The van der Waals surface area contributed by atoms with E-state index < -0.39 is 5.54 Å². The van der Waals surface area contributed by atoms with Gasteiger partial charge in [0, 0.05) is 17.9 Å². The van der Waals surface area contributed by atoms with Crippen molar-refractivity contribution in [3.05, 3.63) is 0 Å². The third-order valence-corrected chi connectivity index (χ3v) is 4.58. The molecule has 0 aliphatic heterocycles. The van der Waals surface area contributed by atoms with Crippen LogP contribution in [-0.4, -0.2) is 47.4 Å². The quantitative estimate of drug-likeness (QED) is 0.454. The predicted molar refractivity (Wildman–Crippen MR) is 86.2 cm³/mol. The Labute approximate surface area is 128 Å². The third kappa shape index (κ3) is 8.12. The van der Waals surface area contributed by atoms with Crippen molar-refractivity contribution >= 4 is 17.7 Å². The van der Waals surface area contributed by atoms with Gasteiger partial charge >= 0.3 is 5.97 Å². The van der Waals surface area contributed by atoms with Crippen LogP contribution in [0.5, 0.6) is 0 Å². The molecule has 0 aromatic heterocycles. The van der Waals surface area contributed by atoms with Gasteiger partial charge in [-0.05, 0) is 45.8 Å². The van der Waals surface area contributed by atoms with E-state index in [4.69, 9.17) is 9.84 Å². The minimum absolute atomic E-state index is 0.187. The second kappa shape index (κ2) is 10.5. The number of aliphatic hydroxyl groups is 1. The van der Waals surface area contributed by atoms with E-state index in [-0.39, 0.29) is 18.6 Å². The minimum Gasteiger partial charge on any atom is -0.468 e. The lowest BCUT2D eigenvalue weighted by Gasteiger charge is -2.30. The fourth-order valence-corrected chi connectivity index (χ4v) is 3.27. The normalized spacial score (nSPS) is 15.9. The van der Waals surface area contributed by atoms with Crippen molar-refractivity contribution in [1.82, 2.24) is 5.32 Å². The molecule has 0 saturated carbocycles. The van der Waals surface area contributed by atoms with Gasteiger partial charge in [0.1, 0.15) is 5.54 Å². The molecule has 0 heterocycles. The lowest BCUT2D eigenvalue weighted by atomic mass is 9.94. The zero-order valence-corrected chi connectivity index (χ0v) is 14.4. The molecule has 0 saturated heterocycles. The molecule has 5 heteroatoms. The van der Waals surface area contributed by atoms with E-state index in [0.717, 1.165) is 31.4 Å². The number of methoxy groups -OCH3 is 1. The topological polar surface area (TPSA) is 58.6 Å². The molecule has 2 atom stereocenters. The van der Waals surface area contributed by atoms with Gasteiger partial charge in [-0.2, -0.15) is 11.8 Å². The Morgan fingerprint density at radius 1 is 1.35 bits per heavy atom. The summed E-state index contributed by atoms with van der Waals surface area (Å²) < 4.78 is 4.91. The van der Waals surface area contributed by atoms with Crippen molar-refractivity contribution in [3.63, 3.8) is 0 Å². The standard InChI is InChI=1S/C15H31NO3S/c1-12(2)16-15(4,14(18)19-5)9-6-7-11-20-13(3)8-10-17/h12-13,16-17H,6-11H2,1-5H3. The first-order chi connectivity index (χ1) is 9.35. The lowest BCUT2D eigenvalue weighted by Crippen LogP contribution is -2.52. The average Bonchev–Trinajstić information content (AvgIpc) is 2.36. The van der Waals surface area contributed by atoms with Crippen LogP contribution in [0.15, 0.2) is 0 Å². The van der Waals surface area contributed by atoms with Crippen LogP contribution < -0.4 is 5.32 Å². The number of carbonyl (C=O) groups is 1. The fourth-order valence-electron chi connectivity index (χ4n) is 2.23. The molecular weight excluding hydrogens is 274 g/mol. The number of unbranched alkanes of at least 4 members (excludes halogenated alkanes) is 1. The van der Waals surface area contributed by atoms with Crippen molar-refractivity contribution < 1.29 is 14.6 Å². The summed E-state index contributed by atoms with van der Waals surface area (Å²) >= 11 is 1.88. The Hall–Kier alpha value is -0.260. The summed E-state index contributed by atoms with van der Waals surface area (Å²) in [6.45, 7) is 8.38. The molecule has 0 spiro atoms. The van der Waals surface area contributed by atoms with E-state index >= 15 is 0 Å². The van der Waals surface area contributed by atoms with Crippen LogP contribution in [0.1, 0.15) is 53.4 Å². The SMILES string of the molecule is COC(=O)C(C)(CCCCSC(C)CCO)NC(C)C. The molecule has 0 fully saturated rings. The zero-order valence-electron chi connectivity index (χ0n) is 13.6. The summed E-state index contributed by atoms with van der Waals surface area (Å²) in [6.07, 6.45) is 3.70. The van der Waals surface area contributed by atoms with Crippen LogP contribution >= 0.6 is 11.8 Å². The number of aliphatic hydroxyl groups excluding tert-OH is 1. The zero-order chi connectivity index (χ0) is 15.6. The highest BCUT2D eigenvalue weighted by Crippen LogP contribution is 2.20. The number of hydrogen-bond donors (Lipinski definition) is 2. The van der Waals surface area contributed by atoms with Gasteiger partial charge in [-0.3, -0.25) is 10.1 Å². The molecule has 2 N–H and O–H groups in total. The number of hydrogen-bond acceptors (Lipinski definition) is 5. The number of thioether (sulfide) groups is 1. The molecular formula is C15H31NO3S. The predicted octanol–water partition coefficient (Wildman–Crippen LogP) is 2.59. The summed E-state index contributed by atoms with van der Waals surface area (Å²) in [5, 5.41) is 12.7. The Balaban J connectivity index is 4.06. The van der Waals surface area contributed by atoms with Crippen molar-refractivity contribution in [2.24, 2.45) is 0 Å². The van der Waals surface area contributed by atoms with E-state index in [1.807, 2.05) is 32.5 Å². The lowest BCUT2D eigenvalue weighted by molar-refractivity contribution is -0.148. The van der Waals surface area contributed by atoms with Crippen LogP contribution in [0.2, 0.25) is 0 Å². The van der Waals surface area contributed by atoms with E-state index in [1.54, 1.807) is 0 Å². The molecule has 0 aliphatic carbocycles. The molecule has 0 aliphatic rings. The second-order valence-corrected chi connectivity index (χ2v) is 7.32. The Morgan fingerprint density at radius 3 is 2.50 bits per heavy atom. The molecule has 0 aromatic carbocycles. The molecule has 0 rings (SSSR count). The summed E-state index contributed by atoms with van der Waals surface area (Å²) in [7, 11) is 1.44. The van der Waals surface area contributed by atoms with Crippen LogP contribution in [-0.2, 0) is 9.53 Å². The number of carbonyl (C=O) groups excluding carboxylic acids is 1. The maximum Gasteiger partial charge on any atom is 0.325 e. The summed E-state index contributed by atoms with van der Waals surface area (Å²) in [4.78, 5) is 11.9. The molecule has 0 aromatic rings. The molecule has 0 amide bonds. The minimum atomic E-state index is -0.593. The average molecular weight is 305 g/mol. The molecule has 0 bridgehead atoms. The number of rotatable bonds is 11. The first kappa shape index (κ1) is 19.7. The molecule has 20 heavy (non-hydrogen) atoms. The van der Waals surface area contributed by atoms with Gasteiger partial charge in [0.05, 0.1) is 7.11 Å². The van der Waals surface area contributed by atoms with E-state index in [9.17, 15) is 4.79 Å². The highest BCUT2D eigenvalue weighted by atomic mass is 32.2. The first-order valence-electron chi connectivity index (χ1n) is 7.44. The Bertz CT molecular complexity index is 274. The van der Waals surface area contributed by atoms with Crippen molar-refractivity contribution in [1.29, 1.82) is 0 Å². The summed E-state index contributed by atoms with van der Waals surface area (Å²) in [5.74, 6) is 0.882. The van der Waals surface area contributed by atoms with Crippen LogP contribution in [0.25, 0.3) is 0 Å². The van der Waals surface area contributed by atoms with Crippen LogP contribution in [0.3, 0.4) is 0 Å². The van der Waals surface area contributed by atoms with Gasteiger partial charge in [0.15, 0.2) is 0 Å². The maximum absolute atomic E-state index is 11.9. The van der Waals surface area contributed by atoms with Crippen molar-refractivity contribution in [2.75, 3.05) is 19.5 Å². The van der Waals surface area contributed by atoms with E-state index in [2.05, 4.69) is 12.2 Å². The van der Waals surface area contributed by atoms with Crippen molar-refractivity contribution in [3.8, 4) is 0 Å². The summed E-state index contributed by atoms with van der Waals surface area (Å²) in [5.41, 5.74) is -0.593. The maximum atomic E-state index is 11.9. The van der Waals surface area contributed by atoms with Gasteiger partial charge in [0.2, 0.25) is 0 Å².